The molecule has 6 aromatic carbocycles. The topological polar surface area (TPSA) is 310 Å². The molecule has 0 saturated carbocycles. The van der Waals surface area contributed by atoms with Crippen LogP contribution < -0.4 is 68.6 Å². The van der Waals surface area contributed by atoms with Crippen molar-refractivity contribution in [1.82, 2.24) is 0 Å². The normalized spacial score (nSPS) is 14.8. The van der Waals surface area contributed by atoms with Gasteiger partial charge in [-0.05, 0) is 100 Å². The Kier molecular flexibility index (Phi) is 43.9. The molecule has 2 fully saturated rings. The molecule has 0 aromatic heterocycles. The molecular weight excluding hydrogens is 1530 g/mol. The summed E-state index contributed by atoms with van der Waals surface area (Å²) in [5, 5.41) is 54.3. The van der Waals surface area contributed by atoms with E-state index < -0.39 is 62.9 Å². The molecule has 0 amide bonds. The van der Waals surface area contributed by atoms with Gasteiger partial charge in [-0.25, -0.2) is 9.59 Å². The molecule has 2 heterocycles. The zero-order valence-corrected chi connectivity index (χ0v) is 65.6. The van der Waals surface area contributed by atoms with Crippen LogP contribution in [-0.4, -0.2) is 161 Å². The molecule has 31 heteroatoms. The number of quaternary nitrogens is 4. The number of nitro benzene ring substituents is 4. The summed E-state index contributed by atoms with van der Waals surface area (Å²) in [4.78, 5) is 89.3. The third-order valence-corrected chi connectivity index (χ3v) is 17.7. The van der Waals surface area contributed by atoms with Crippen LogP contribution in [-0.2, 0) is 72.5 Å². The Morgan fingerprint density at radius 1 is 0.495 bits per heavy atom. The van der Waals surface area contributed by atoms with Crippen LogP contribution in [0.3, 0.4) is 0 Å². The van der Waals surface area contributed by atoms with Crippen molar-refractivity contribution in [3.05, 3.63) is 232 Å². The summed E-state index contributed by atoms with van der Waals surface area (Å²) in [7, 11) is 3.07. The third kappa shape index (κ3) is 36.0. The molecule has 4 unspecified atom stereocenters. The molecular formula is C74H99Br2ClFN8NaO18+2. The van der Waals surface area contributed by atoms with E-state index in [4.69, 9.17) is 36.7 Å². The Morgan fingerprint density at radius 3 is 1.10 bits per heavy atom. The first-order chi connectivity index (χ1) is 48.6. The number of carboxylic acids is 1. The number of piperidine rings is 2. The van der Waals surface area contributed by atoms with Gasteiger partial charge in [0.1, 0.15) is 65.6 Å². The number of alkyl halides is 2. The van der Waals surface area contributed by atoms with Gasteiger partial charge >= 0.3 is 47.8 Å². The monoisotopic (exact) mass is 1620 g/mol. The molecule has 0 spiro atoms. The van der Waals surface area contributed by atoms with Gasteiger partial charge in [-0.3, -0.25) is 49.6 Å². The molecule has 105 heavy (non-hydrogen) atoms. The maximum absolute atomic E-state index is 12.6. The fraction of sp³-hybridized carbons (Fsp3) is 0.459. The number of hydrogen-bond donors (Lipinski definition) is 0. The third-order valence-electron chi connectivity index (χ3n) is 17.6. The largest absolute Gasteiger partial charge is 1.00 e. The fourth-order valence-electron chi connectivity index (χ4n) is 12.7. The van der Waals surface area contributed by atoms with Crippen LogP contribution in [0.5, 0.6) is 0 Å². The Bertz CT molecular complexity index is 3600. The standard InChI is InChI=1S/C36H46N4O9.C20H24ClN2O5.C16H22N2O4.CH3F.CH4.2BrH.Na/c1-29(48-35(41)12-9-23-40(21-7-4-8-22-40)28-32-15-19-34(20-16-32)38(45)46)49-36(42)47-25-24-39(2,26-30-10-5-3-6-11-30)27-31-13-17-33(18-14-31)37(43)44;1-16(21)28-20(24)27-13-12-23(2,14-17-6-4-3-5-7-17)15-18-8-10-19(11-9-18)22(25)26;19-16(20)5-4-12-18(10-2-1-3-11-18)13-14-6-8-15(9-7-14)17(21)22;1-2;;;;/h3,5-6,10-11,13-20,29H,4,7-9,12,21-28H2,1-2H3;3-11,16H,12-15H2,1-2H3;6-9H,1-5,10-13H2;1H3;1H4;2*1H;/q+2;+1;;;;;;+1/p-2/i;;;1D;;;;. The molecule has 0 radical (unpaired) electrons. The number of carboxylic acid groups (broad SMARTS) is 1. The Hall–Kier alpha value is -7.58. The van der Waals surface area contributed by atoms with Crippen LogP contribution in [0, 0.1) is 40.5 Å². The first-order valence-electron chi connectivity index (χ1n) is 34.3. The van der Waals surface area contributed by atoms with E-state index in [0.29, 0.717) is 61.1 Å². The average molecular weight is 1630 g/mol. The van der Waals surface area contributed by atoms with Crippen molar-refractivity contribution in [3.8, 4) is 0 Å². The average Bonchev–Trinajstić information content (AvgIpc) is 0.820. The Morgan fingerprint density at radius 2 is 0.790 bits per heavy atom. The van der Waals surface area contributed by atoms with Crippen molar-refractivity contribution in [2.24, 2.45) is 0 Å². The Labute approximate surface area is 663 Å². The van der Waals surface area contributed by atoms with Crippen LogP contribution in [0.15, 0.2) is 158 Å². The second kappa shape index (κ2) is 49.3. The number of aliphatic carboxylic acids is 1. The van der Waals surface area contributed by atoms with Crippen molar-refractivity contribution in [1.29, 1.82) is 0 Å². The molecule has 570 valence electrons. The summed E-state index contributed by atoms with van der Waals surface area (Å²) >= 11 is 5.62. The zero-order valence-electron chi connectivity index (χ0n) is 60.7. The molecule has 2 aliphatic rings. The minimum Gasteiger partial charge on any atom is -1.00 e. The van der Waals surface area contributed by atoms with Crippen molar-refractivity contribution < 1.29 is 155 Å². The predicted molar refractivity (Wildman–Crippen MR) is 380 cm³/mol. The van der Waals surface area contributed by atoms with Crippen LogP contribution in [0.25, 0.3) is 0 Å². The molecule has 0 bridgehead atoms. The first-order valence-corrected chi connectivity index (χ1v) is 34.0. The summed E-state index contributed by atoms with van der Waals surface area (Å²) in [6.07, 6.45) is 5.48. The number of nitrogens with zero attached hydrogens (tertiary/aromatic N) is 8. The minimum atomic E-state index is -1.12. The number of nitro groups is 4. The molecule has 4 atom stereocenters. The smallest absolute Gasteiger partial charge is 1.00 e. The fourth-order valence-corrected chi connectivity index (χ4v) is 12.8. The van der Waals surface area contributed by atoms with Crippen LogP contribution >= 0.6 is 11.6 Å². The van der Waals surface area contributed by atoms with Crippen molar-refractivity contribution in [3.63, 3.8) is 0 Å². The summed E-state index contributed by atoms with van der Waals surface area (Å²) in [6.45, 7) is 13.9. The maximum Gasteiger partial charge on any atom is 1.00 e. The predicted octanol–water partition coefficient (Wildman–Crippen LogP) is 5.01. The number of non-ortho nitro benzene ring substituents is 4. The second-order valence-corrected chi connectivity index (χ2v) is 26.7. The van der Waals surface area contributed by atoms with Crippen molar-refractivity contribution in [2.75, 3.05) is 86.8 Å². The maximum atomic E-state index is 12.6. The van der Waals surface area contributed by atoms with Gasteiger partial charge < -0.3 is 85.5 Å². The van der Waals surface area contributed by atoms with Crippen LogP contribution in [0.4, 0.5) is 36.7 Å². The van der Waals surface area contributed by atoms with E-state index in [9.17, 15) is 69.1 Å². The quantitative estimate of drug-likeness (QED) is 0.00764. The number of halogens is 4. The molecule has 8 rings (SSSR count). The molecule has 6 aromatic rings. The van der Waals surface area contributed by atoms with Gasteiger partial charge in [0.25, 0.3) is 22.7 Å². The van der Waals surface area contributed by atoms with Crippen molar-refractivity contribution in [2.45, 2.75) is 137 Å². The van der Waals surface area contributed by atoms with E-state index in [0.717, 1.165) is 120 Å². The van der Waals surface area contributed by atoms with E-state index in [1.54, 1.807) is 36.4 Å². The van der Waals surface area contributed by atoms with Gasteiger partial charge in [-0.2, -0.15) is 0 Å². The van der Waals surface area contributed by atoms with Gasteiger partial charge in [-0.1, -0.05) is 79.7 Å². The Balaban J connectivity index is 0.000000836. The molecule has 26 nitrogen and oxygen atoms in total. The number of carbonyl (C=O) groups is 4. The van der Waals surface area contributed by atoms with Gasteiger partial charge in [0.15, 0.2) is 5.56 Å². The number of carbonyl (C=O) groups excluding carboxylic acids is 4. The zero-order chi connectivity index (χ0) is 74.6. The van der Waals surface area contributed by atoms with E-state index in [2.05, 4.69) is 0 Å². The number of esters is 1. The molecule has 0 aliphatic carbocycles. The number of benzene rings is 6. The van der Waals surface area contributed by atoms with E-state index >= 15 is 0 Å². The summed E-state index contributed by atoms with van der Waals surface area (Å²) in [5.74, 6) is -1.47. The summed E-state index contributed by atoms with van der Waals surface area (Å²) in [5.41, 5.74) is 5.70. The van der Waals surface area contributed by atoms with Crippen LogP contribution in [0.1, 0.15) is 120 Å². The number of hydrogen-bond acceptors (Lipinski definition) is 18. The molecule has 2 aliphatic heterocycles. The van der Waals surface area contributed by atoms with E-state index in [-0.39, 0.29) is 120 Å². The molecule has 0 N–H and O–H groups in total. The number of ether oxygens (including phenoxy) is 5. The van der Waals surface area contributed by atoms with Crippen LogP contribution in [0.2, 0.25) is 0 Å². The second-order valence-electron chi connectivity index (χ2n) is 26.1. The van der Waals surface area contributed by atoms with Gasteiger partial charge in [0.2, 0.25) is 6.29 Å². The van der Waals surface area contributed by atoms with E-state index in [1.807, 2.05) is 86.9 Å². The van der Waals surface area contributed by atoms with Crippen molar-refractivity contribution >= 4 is 58.6 Å². The minimum absolute atomic E-state index is 0. The molecule has 2 saturated heterocycles. The van der Waals surface area contributed by atoms with E-state index in [1.165, 1.54) is 75.2 Å². The number of likely N-dealkylation sites (N-methyl/N-ethyl adjacent to an activating group) is 2. The van der Waals surface area contributed by atoms with Gasteiger partial charge in [0, 0.05) is 108 Å². The summed E-state index contributed by atoms with van der Waals surface area (Å²) in [6, 6.07) is 46.2. The number of likely N-dealkylation sites (tertiary alicyclic amines) is 2. The summed E-state index contributed by atoms with van der Waals surface area (Å²) < 4.78 is 44.0. The first kappa shape index (κ1) is 93.5. The van der Waals surface area contributed by atoms with Gasteiger partial charge in [0.05, 0.1) is 88.0 Å². The van der Waals surface area contributed by atoms with Gasteiger partial charge in [-0.15, -0.1) is 0 Å². The number of rotatable bonds is 33. The SMILES string of the molecule is C.CC(Cl)OC(=O)OCC[N+](C)(Cc1ccccc1)Cc1ccc([N+](=O)[O-])cc1.CC(OC(=O)CCC[N+]1(Cc2ccc([N+](=O)[O-])cc2)CCCCC1)OC(=O)OCC[N+](C)(Cc1ccccc1)Cc1ccc([N+](=O)[O-])cc1.O=C([O-])CCC[N+]1(Cc2ccc([N+](=O)[O-])cc2)CCCCC1.[2H]CF.[Br-].[Br-].[Na+].